The maximum Gasteiger partial charge on any atom is 0.0725 e. The van der Waals surface area contributed by atoms with Gasteiger partial charge in [0.25, 0.3) is 0 Å². The van der Waals surface area contributed by atoms with Gasteiger partial charge in [-0.15, -0.1) is 0 Å². The monoisotopic (exact) mass is 156 g/mol. The molecule has 2 aliphatic rings. The number of aliphatic hydroxyl groups excluding tert-OH is 1. The van der Waals surface area contributed by atoms with Gasteiger partial charge in [0.05, 0.1) is 5.60 Å². The third kappa shape index (κ3) is 0.926. The van der Waals surface area contributed by atoms with Gasteiger partial charge < -0.3 is 10.2 Å². The first-order chi connectivity index (χ1) is 5.27. The minimum Gasteiger partial charge on any atom is -0.396 e. The summed E-state index contributed by atoms with van der Waals surface area (Å²) in [5.41, 5.74) is -0.465. The molecule has 2 aliphatic carbocycles. The molecule has 64 valence electrons. The van der Waals surface area contributed by atoms with E-state index >= 15 is 0 Å². The van der Waals surface area contributed by atoms with Gasteiger partial charge in [0.1, 0.15) is 0 Å². The van der Waals surface area contributed by atoms with Gasteiger partial charge in [-0.1, -0.05) is 12.8 Å². The minimum absolute atomic E-state index is 0.174. The maximum absolute atomic E-state index is 10.0. The second kappa shape index (κ2) is 2.46. The lowest BCUT2D eigenvalue weighted by Gasteiger charge is -2.54. The van der Waals surface area contributed by atoms with Crippen LogP contribution in [0.4, 0.5) is 0 Å². The average Bonchev–Trinajstić information content (AvgIpc) is 1.99. The molecule has 2 saturated carbocycles. The Labute approximate surface area is 67.2 Å². The number of rotatable bonds is 1. The number of hydrogen-bond donors (Lipinski definition) is 2. The molecule has 2 nitrogen and oxygen atoms in total. The molecule has 2 rings (SSSR count). The molecule has 0 heterocycles. The molecule has 2 N–H and O–H groups in total. The Morgan fingerprint density at radius 2 is 2.18 bits per heavy atom. The molecule has 11 heavy (non-hydrogen) atoms. The summed E-state index contributed by atoms with van der Waals surface area (Å²) in [5.74, 6) is 0.696. The Morgan fingerprint density at radius 3 is 2.82 bits per heavy atom. The molecule has 0 spiro atoms. The van der Waals surface area contributed by atoms with Gasteiger partial charge in [-0.05, 0) is 25.2 Å². The van der Waals surface area contributed by atoms with Crippen molar-refractivity contribution in [1.29, 1.82) is 0 Å². The Hall–Kier alpha value is -0.0800. The zero-order chi connectivity index (χ0) is 7.90. The van der Waals surface area contributed by atoms with Crippen LogP contribution in [0.25, 0.3) is 0 Å². The highest BCUT2D eigenvalue weighted by Crippen LogP contribution is 2.52. The van der Waals surface area contributed by atoms with Gasteiger partial charge in [0.15, 0.2) is 0 Å². The van der Waals surface area contributed by atoms with E-state index in [-0.39, 0.29) is 12.5 Å². The van der Waals surface area contributed by atoms with Crippen LogP contribution in [-0.4, -0.2) is 22.4 Å². The van der Waals surface area contributed by atoms with Gasteiger partial charge in [-0.2, -0.15) is 0 Å². The fourth-order valence-electron chi connectivity index (χ4n) is 2.73. The quantitative estimate of drug-likeness (QED) is 0.592. The average molecular weight is 156 g/mol. The largest absolute Gasteiger partial charge is 0.396 e. The lowest BCUT2D eigenvalue weighted by molar-refractivity contribution is -0.184. The van der Waals surface area contributed by atoms with Crippen LogP contribution in [0.5, 0.6) is 0 Å². The molecular formula is C9H16O2. The van der Waals surface area contributed by atoms with E-state index < -0.39 is 5.60 Å². The van der Waals surface area contributed by atoms with Crippen LogP contribution in [0.15, 0.2) is 0 Å². The van der Waals surface area contributed by atoms with E-state index in [1.165, 1.54) is 12.8 Å². The standard InChI is InChI=1S/C9H16O2/c10-6-8-5-7-3-1-2-4-9(7,8)11/h7-8,10-11H,1-6H2/t7-,8+,9+/m0/s1. The van der Waals surface area contributed by atoms with Crippen molar-refractivity contribution >= 4 is 0 Å². The van der Waals surface area contributed by atoms with Crippen LogP contribution < -0.4 is 0 Å². The molecule has 0 aromatic carbocycles. The van der Waals surface area contributed by atoms with Crippen LogP contribution in [0.3, 0.4) is 0 Å². The SMILES string of the molecule is OC[C@H]1C[C@@H]2CCCC[C@]12O. The van der Waals surface area contributed by atoms with E-state index in [9.17, 15) is 5.11 Å². The Kier molecular flexibility index (Phi) is 1.69. The van der Waals surface area contributed by atoms with Crippen molar-refractivity contribution in [3.05, 3.63) is 0 Å². The zero-order valence-electron chi connectivity index (χ0n) is 6.79. The van der Waals surface area contributed by atoms with Crippen LogP contribution >= 0.6 is 0 Å². The summed E-state index contributed by atoms with van der Waals surface area (Å²) in [6.07, 6.45) is 5.55. The van der Waals surface area contributed by atoms with Gasteiger partial charge in [0, 0.05) is 12.5 Å². The van der Waals surface area contributed by atoms with Gasteiger partial charge >= 0.3 is 0 Å². The summed E-state index contributed by atoms with van der Waals surface area (Å²) in [7, 11) is 0. The number of aliphatic hydroxyl groups is 2. The molecule has 0 amide bonds. The predicted molar refractivity (Wildman–Crippen MR) is 42.1 cm³/mol. The first kappa shape index (κ1) is 7.56. The number of hydrogen-bond acceptors (Lipinski definition) is 2. The predicted octanol–water partition coefficient (Wildman–Crippen LogP) is 0.920. The van der Waals surface area contributed by atoms with Crippen molar-refractivity contribution < 1.29 is 10.2 Å². The molecule has 0 aromatic heterocycles. The lowest BCUT2D eigenvalue weighted by Crippen LogP contribution is -2.58. The highest BCUT2D eigenvalue weighted by Gasteiger charge is 2.53. The Balaban J connectivity index is 2.04. The molecule has 0 radical (unpaired) electrons. The third-order valence-corrected chi connectivity index (χ3v) is 3.58. The summed E-state index contributed by atoms with van der Waals surface area (Å²) in [6.45, 7) is 0.174. The molecular weight excluding hydrogens is 140 g/mol. The first-order valence-electron chi connectivity index (χ1n) is 4.60. The van der Waals surface area contributed by atoms with E-state index in [2.05, 4.69) is 0 Å². The molecule has 0 aliphatic heterocycles. The van der Waals surface area contributed by atoms with Crippen molar-refractivity contribution in [2.75, 3.05) is 6.61 Å². The second-order valence-electron chi connectivity index (χ2n) is 4.05. The molecule has 0 aromatic rings. The minimum atomic E-state index is -0.465. The summed E-state index contributed by atoms with van der Waals surface area (Å²) in [5, 5.41) is 19.0. The highest BCUT2D eigenvalue weighted by atomic mass is 16.3. The van der Waals surface area contributed by atoms with Gasteiger partial charge in [-0.3, -0.25) is 0 Å². The smallest absolute Gasteiger partial charge is 0.0725 e. The van der Waals surface area contributed by atoms with E-state index in [1.54, 1.807) is 0 Å². The van der Waals surface area contributed by atoms with Crippen LogP contribution in [-0.2, 0) is 0 Å². The summed E-state index contributed by atoms with van der Waals surface area (Å²) in [6, 6.07) is 0. The van der Waals surface area contributed by atoms with E-state index in [0.717, 1.165) is 19.3 Å². The van der Waals surface area contributed by atoms with Gasteiger partial charge in [0.2, 0.25) is 0 Å². The van der Waals surface area contributed by atoms with E-state index in [4.69, 9.17) is 5.11 Å². The summed E-state index contributed by atoms with van der Waals surface area (Å²) >= 11 is 0. The van der Waals surface area contributed by atoms with Gasteiger partial charge in [-0.25, -0.2) is 0 Å². The van der Waals surface area contributed by atoms with Crippen LogP contribution in [0.1, 0.15) is 32.1 Å². The lowest BCUT2D eigenvalue weighted by atomic mass is 9.55. The zero-order valence-corrected chi connectivity index (χ0v) is 6.79. The third-order valence-electron chi connectivity index (χ3n) is 3.58. The van der Waals surface area contributed by atoms with Crippen LogP contribution in [0.2, 0.25) is 0 Å². The Morgan fingerprint density at radius 1 is 1.36 bits per heavy atom. The van der Waals surface area contributed by atoms with Crippen LogP contribution in [0, 0.1) is 11.8 Å². The van der Waals surface area contributed by atoms with E-state index in [0.29, 0.717) is 5.92 Å². The second-order valence-corrected chi connectivity index (χ2v) is 4.05. The summed E-state index contributed by atoms with van der Waals surface area (Å²) in [4.78, 5) is 0. The topological polar surface area (TPSA) is 40.5 Å². The molecule has 3 atom stereocenters. The van der Waals surface area contributed by atoms with E-state index in [1.807, 2.05) is 0 Å². The van der Waals surface area contributed by atoms with Crippen molar-refractivity contribution in [2.45, 2.75) is 37.7 Å². The van der Waals surface area contributed by atoms with Crippen molar-refractivity contribution in [1.82, 2.24) is 0 Å². The molecule has 0 bridgehead atoms. The highest BCUT2D eigenvalue weighted by molar-refractivity contribution is 5.04. The number of fused-ring (bicyclic) bond motifs is 1. The van der Waals surface area contributed by atoms with Crippen molar-refractivity contribution in [3.63, 3.8) is 0 Å². The molecule has 2 heteroatoms. The van der Waals surface area contributed by atoms with Crippen molar-refractivity contribution in [2.24, 2.45) is 11.8 Å². The van der Waals surface area contributed by atoms with Crippen molar-refractivity contribution in [3.8, 4) is 0 Å². The molecule has 0 unspecified atom stereocenters. The maximum atomic E-state index is 10.0. The molecule has 0 saturated heterocycles. The normalized spacial score (nSPS) is 49.6. The first-order valence-corrected chi connectivity index (χ1v) is 4.60. The Bertz CT molecular complexity index is 152. The fourth-order valence-corrected chi connectivity index (χ4v) is 2.73. The summed E-state index contributed by atoms with van der Waals surface area (Å²) < 4.78 is 0. The molecule has 2 fully saturated rings. The fraction of sp³-hybridized carbons (Fsp3) is 1.00.